The summed E-state index contributed by atoms with van der Waals surface area (Å²) >= 11 is 0. The van der Waals surface area contributed by atoms with E-state index in [0.29, 0.717) is 6.04 Å². The van der Waals surface area contributed by atoms with Gasteiger partial charge in [0.05, 0.1) is 0 Å². The maximum atomic E-state index is 6.04. The molecule has 1 nitrogen and oxygen atoms in total. The number of hydrogen-bond acceptors (Lipinski definition) is 1. The molecule has 1 heteroatoms. The molecule has 0 heterocycles. The van der Waals surface area contributed by atoms with Crippen LogP contribution >= 0.6 is 0 Å². The van der Waals surface area contributed by atoms with E-state index in [1.807, 2.05) is 0 Å². The Labute approximate surface area is 103 Å². The van der Waals surface area contributed by atoms with Gasteiger partial charge in [-0.2, -0.15) is 0 Å². The van der Waals surface area contributed by atoms with Gasteiger partial charge in [0.2, 0.25) is 0 Å². The second kappa shape index (κ2) is 10.1. The Bertz CT molecular complexity index is 128. The molecule has 2 N–H and O–H groups in total. The SMILES string of the molecule is CCC[C@H](C)CCC(C)CC[C@H](N)CCC. The Balaban J connectivity index is 3.46. The summed E-state index contributed by atoms with van der Waals surface area (Å²) in [5.41, 5.74) is 6.04. The summed E-state index contributed by atoms with van der Waals surface area (Å²) in [4.78, 5) is 0. The molecular weight excluding hydrogens is 194 g/mol. The second-order valence-electron chi connectivity index (χ2n) is 5.70. The Hall–Kier alpha value is -0.0400. The molecule has 0 saturated heterocycles. The monoisotopic (exact) mass is 227 g/mol. The molecule has 0 aromatic carbocycles. The molecule has 16 heavy (non-hydrogen) atoms. The largest absolute Gasteiger partial charge is 0.328 e. The minimum absolute atomic E-state index is 0.445. The van der Waals surface area contributed by atoms with E-state index < -0.39 is 0 Å². The smallest absolute Gasteiger partial charge is 0.00388 e. The quantitative estimate of drug-likeness (QED) is 0.573. The van der Waals surface area contributed by atoms with Gasteiger partial charge in [0.15, 0.2) is 0 Å². The molecule has 0 fully saturated rings. The molecule has 0 aromatic rings. The van der Waals surface area contributed by atoms with Crippen molar-refractivity contribution in [2.45, 2.75) is 85.1 Å². The lowest BCUT2D eigenvalue weighted by atomic mass is 9.91. The molecule has 0 aliphatic rings. The van der Waals surface area contributed by atoms with Gasteiger partial charge in [0.25, 0.3) is 0 Å². The van der Waals surface area contributed by atoms with Crippen molar-refractivity contribution in [1.29, 1.82) is 0 Å². The van der Waals surface area contributed by atoms with E-state index >= 15 is 0 Å². The third-order valence-corrected chi connectivity index (χ3v) is 3.62. The highest BCUT2D eigenvalue weighted by Gasteiger charge is 2.08. The Morgan fingerprint density at radius 3 is 1.62 bits per heavy atom. The topological polar surface area (TPSA) is 26.0 Å². The van der Waals surface area contributed by atoms with Crippen molar-refractivity contribution in [2.24, 2.45) is 17.6 Å². The van der Waals surface area contributed by atoms with Crippen LogP contribution in [0.5, 0.6) is 0 Å². The highest BCUT2D eigenvalue weighted by molar-refractivity contribution is 4.64. The Kier molecular flexibility index (Phi) is 10.1. The average molecular weight is 227 g/mol. The highest BCUT2D eigenvalue weighted by Crippen LogP contribution is 2.20. The van der Waals surface area contributed by atoms with Gasteiger partial charge < -0.3 is 5.73 Å². The van der Waals surface area contributed by atoms with Gasteiger partial charge in [-0.3, -0.25) is 0 Å². The van der Waals surface area contributed by atoms with Crippen molar-refractivity contribution >= 4 is 0 Å². The van der Waals surface area contributed by atoms with Crippen molar-refractivity contribution in [3.8, 4) is 0 Å². The fourth-order valence-corrected chi connectivity index (χ4v) is 2.36. The normalized spacial score (nSPS) is 17.1. The van der Waals surface area contributed by atoms with Crippen LogP contribution in [0.4, 0.5) is 0 Å². The second-order valence-corrected chi connectivity index (χ2v) is 5.70. The van der Waals surface area contributed by atoms with Crippen LogP contribution < -0.4 is 5.73 Å². The first kappa shape index (κ1) is 16.0. The van der Waals surface area contributed by atoms with Crippen LogP contribution in [0, 0.1) is 11.8 Å². The highest BCUT2D eigenvalue weighted by atomic mass is 14.6. The molecule has 0 rings (SSSR count). The first-order valence-electron chi connectivity index (χ1n) is 7.35. The summed E-state index contributed by atoms with van der Waals surface area (Å²) in [6.07, 6.45) is 10.5. The van der Waals surface area contributed by atoms with Gasteiger partial charge in [-0.05, 0) is 31.1 Å². The van der Waals surface area contributed by atoms with E-state index in [2.05, 4.69) is 27.7 Å². The van der Waals surface area contributed by atoms with Gasteiger partial charge in [-0.15, -0.1) is 0 Å². The van der Waals surface area contributed by atoms with Crippen molar-refractivity contribution in [2.75, 3.05) is 0 Å². The lowest BCUT2D eigenvalue weighted by Gasteiger charge is -2.17. The third kappa shape index (κ3) is 9.21. The third-order valence-electron chi connectivity index (χ3n) is 3.62. The molecule has 0 saturated carbocycles. The zero-order chi connectivity index (χ0) is 12.4. The average Bonchev–Trinajstić information content (AvgIpc) is 2.24. The molecule has 3 atom stereocenters. The summed E-state index contributed by atoms with van der Waals surface area (Å²) in [6.45, 7) is 9.27. The zero-order valence-corrected chi connectivity index (χ0v) is 12.0. The maximum Gasteiger partial charge on any atom is 0.00388 e. The molecular formula is C15H33N. The van der Waals surface area contributed by atoms with Gasteiger partial charge >= 0.3 is 0 Å². The van der Waals surface area contributed by atoms with E-state index in [1.54, 1.807) is 0 Å². The molecule has 0 amide bonds. The zero-order valence-electron chi connectivity index (χ0n) is 12.0. The molecule has 0 spiro atoms. The van der Waals surface area contributed by atoms with Crippen LogP contribution in [0.2, 0.25) is 0 Å². The molecule has 0 aliphatic heterocycles. The Morgan fingerprint density at radius 1 is 0.688 bits per heavy atom. The van der Waals surface area contributed by atoms with Crippen LogP contribution in [-0.2, 0) is 0 Å². The first-order chi connectivity index (χ1) is 7.60. The fraction of sp³-hybridized carbons (Fsp3) is 1.00. The predicted molar refractivity (Wildman–Crippen MR) is 74.6 cm³/mol. The van der Waals surface area contributed by atoms with Crippen molar-refractivity contribution in [3.05, 3.63) is 0 Å². The first-order valence-corrected chi connectivity index (χ1v) is 7.35. The van der Waals surface area contributed by atoms with Crippen molar-refractivity contribution < 1.29 is 0 Å². The van der Waals surface area contributed by atoms with Crippen molar-refractivity contribution in [1.82, 2.24) is 0 Å². The summed E-state index contributed by atoms with van der Waals surface area (Å²) < 4.78 is 0. The predicted octanol–water partition coefficient (Wildman–Crippen LogP) is 4.75. The fourth-order valence-electron chi connectivity index (χ4n) is 2.36. The van der Waals surface area contributed by atoms with Gasteiger partial charge in [-0.25, -0.2) is 0 Å². The molecule has 0 radical (unpaired) electrons. The van der Waals surface area contributed by atoms with E-state index in [9.17, 15) is 0 Å². The lowest BCUT2D eigenvalue weighted by Crippen LogP contribution is -2.20. The van der Waals surface area contributed by atoms with E-state index in [1.165, 1.54) is 51.4 Å². The summed E-state index contributed by atoms with van der Waals surface area (Å²) in [7, 11) is 0. The van der Waals surface area contributed by atoms with Gasteiger partial charge in [0, 0.05) is 6.04 Å². The van der Waals surface area contributed by atoms with Crippen LogP contribution in [0.15, 0.2) is 0 Å². The molecule has 98 valence electrons. The summed E-state index contributed by atoms with van der Waals surface area (Å²) in [5.74, 6) is 1.78. The molecule has 0 aromatic heterocycles. The Morgan fingerprint density at radius 2 is 1.12 bits per heavy atom. The van der Waals surface area contributed by atoms with Gasteiger partial charge in [-0.1, -0.05) is 59.8 Å². The van der Waals surface area contributed by atoms with E-state index in [0.717, 1.165) is 11.8 Å². The summed E-state index contributed by atoms with van der Waals surface area (Å²) in [5, 5.41) is 0. The standard InChI is InChI=1S/C15H33N/c1-5-7-13(3)9-10-14(4)11-12-15(16)8-6-2/h13-15H,5-12,16H2,1-4H3/t13-,14?,15+/m0/s1. The van der Waals surface area contributed by atoms with Crippen LogP contribution in [0.25, 0.3) is 0 Å². The molecule has 1 unspecified atom stereocenters. The molecule has 0 aliphatic carbocycles. The number of rotatable bonds is 10. The van der Waals surface area contributed by atoms with E-state index in [-0.39, 0.29) is 0 Å². The minimum atomic E-state index is 0.445. The van der Waals surface area contributed by atoms with Gasteiger partial charge in [0.1, 0.15) is 0 Å². The van der Waals surface area contributed by atoms with Crippen LogP contribution in [0.3, 0.4) is 0 Å². The maximum absolute atomic E-state index is 6.04. The number of hydrogen-bond donors (Lipinski definition) is 1. The van der Waals surface area contributed by atoms with Crippen LogP contribution in [0.1, 0.15) is 79.1 Å². The number of nitrogens with two attached hydrogens (primary N) is 1. The van der Waals surface area contributed by atoms with E-state index in [4.69, 9.17) is 5.73 Å². The minimum Gasteiger partial charge on any atom is -0.328 e. The molecule has 0 bridgehead atoms. The van der Waals surface area contributed by atoms with Crippen LogP contribution in [-0.4, -0.2) is 6.04 Å². The summed E-state index contributed by atoms with van der Waals surface area (Å²) in [6, 6.07) is 0.445. The lowest BCUT2D eigenvalue weighted by molar-refractivity contribution is 0.375. The van der Waals surface area contributed by atoms with Crippen molar-refractivity contribution in [3.63, 3.8) is 0 Å².